The van der Waals surface area contributed by atoms with Crippen LogP contribution in [0.15, 0.2) is 0 Å². The molecule has 0 aromatic heterocycles. The van der Waals surface area contributed by atoms with E-state index in [0.717, 1.165) is 32.7 Å². The predicted octanol–water partition coefficient (Wildman–Crippen LogP) is 0.761. The molecule has 0 amide bonds. The Labute approximate surface area is 112 Å². The highest BCUT2D eigenvalue weighted by Crippen LogP contribution is 2.06. The Morgan fingerprint density at radius 3 is 2.11 bits per heavy atom. The third-order valence-electron chi connectivity index (χ3n) is 3.47. The van der Waals surface area contributed by atoms with Gasteiger partial charge in [-0.25, -0.2) is 0 Å². The van der Waals surface area contributed by atoms with Crippen molar-refractivity contribution in [2.75, 3.05) is 39.3 Å². The van der Waals surface area contributed by atoms with Gasteiger partial charge in [0.1, 0.15) is 0 Å². The molecule has 18 heavy (non-hydrogen) atoms. The molecule has 2 N–H and O–H groups in total. The minimum Gasteiger partial charge on any atom is -0.390 e. The van der Waals surface area contributed by atoms with Gasteiger partial charge < -0.3 is 10.4 Å². The maximum absolute atomic E-state index is 10.0. The topological polar surface area (TPSA) is 38.7 Å². The first-order chi connectivity index (χ1) is 8.28. The van der Waals surface area contributed by atoms with Gasteiger partial charge in [-0.3, -0.25) is 9.80 Å². The van der Waals surface area contributed by atoms with Gasteiger partial charge in [0.25, 0.3) is 0 Å². The predicted molar refractivity (Wildman–Crippen MR) is 76.9 cm³/mol. The summed E-state index contributed by atoms with van der Waals surface area (Å²) in [6.45, 7) is 16.7. The summed E-state index contributed by atoms with van der Waals surface area (Å²) in [5.41, 5.74) is 0.0807. The zero-order valence-corrected chi connectivity index (χ0v) is 12.7. The fourth-order valence-electron chi connectivity index (χ4n) is 2.25. The molecule has 1 fully saturated rings. The number of rotatable bonds is 5. The molecule has 0 aromatic carbocycles. The standard InChI is InChI=1S/C14H31N3O/c1-12(2)17-8-6-16(7-9-17)11-13(18)10-15-14(3,4)5/h12-13,15,18H,6-11H2,1-5H3. The van der Waals surface area contributed by atoms with Crippen LogP contribution in [0.4, 0.5) is 0 Å². The van der Waals surface area contributed by atoms with E-state index in [-0.39, 0.29) is 11.6 Å². The molecule has 1 saturated heterocycles. The summed E-state index contributed by atoms with van der Waals surface area (Å²) >= 11 is 0. The van der Waals surface area contributed by atoms with Crippen molar-refractivity contribution in [1.29, 1.82) is 0 Å². The van der Waals surface area contributed by atoms with Crippen molar-refractivity contribution in [3.8, 4) is 0 Å². The van der Waals surface area contributed by atoms with E-state index in [2.05, 4.69) is 49.7 Å². The van der Waals surface area contributed by atoms with Crippen molar-refractivity contribution in [2.24, 2.45) is 0 Å². The second kappa shape index (κ2) is 6.85. The normalized spacial score (nSPS) is 21.5. The van der Waals surface area contributed by atoms with E-state index >= 15 is 0 Å². The number of nitrogens with one attached hydrogen (secondary N) is 1. The first-order valence-corrected chi connectivity index (χ1v) is 7.17. The number of nitrogens with zero attached hydrogens (tertiary/aromatic N) is 2. The minimum absolute atomic E-state index is 0.0807. The van der Waals surface area contributed by atoms with Gasteiger partial charge in [-0.05, 0) is 34.6 Å². The average molecular weight is 257 g/mol. The molecule has 0 aromatic rings. The van der Waals surface area contributed by atoms with E-state index in [0.29, 0.717) is 12.6 Å². The quantitative estimate of drug-likeness (QED) is 0.763. The second-order valence-corrected chi connectivity index (χ2v) is 6.72. The molecule has 1 atom stereocenters. The molecule has 0 spiro atoms. The summed E-state index contributed by atoms with van der Waals surface area (Å²) in [7, 11) is 0. The molecule has 1 rings (SSSR count). The highest BCUT2D eigenvalue weighted by Gasteiger charge is 2.21. The minimum atomic E-state index is -0.269. The first kappa shape index (κ1) is 15.9. The lowest BCUT2D eigenvalue weighted by atomic mass is 10.1. The van der Waals surface area contributed by atoms with Crippen LogP contribution in [0.25, 0.3) is 0 Å². The molecule has 4 heteroatoms. The van der Waals surface area contributed by atoms with Crippen LogP contribution in [0.3, 0.4) is 0 Å². The van der Waals surface area contributed by atoms with Gasteiger partial charge in [0, 0.05) is 50.8 Å². The molecule has 0 radical (unpaired) electrons. The Bertz CT molecular complexity index is 230. The Hall–Kier alpha value is -0.160. The van der Waals surface area contributed by atoms with E-state index in [1.165, 1.54) is 0 Å². The summed E-state index contributed by atoms with van der Waals surface area (Å²) < 4.78 is 0. The Morgan fingerprint density at radius 2 is 1.67 bits per heavy atom. The number of hydrogen-bond donors (Lipinski definition) is 2. The van der Waals surface area contributed by atoms with Crippen LogP contribution in [0, 0.1) is 0 Å². The molecule has 4 nitrogen and oxygen atoms in total. The largest absolute Gasteiger partial charge is 0.390 e. The lowest BCUT2D eigenvalue weighted by Gasteiger charge is -2.37. The number of aliphatic hydroxyl groups is 1. The van der Waals surface area contributed by atoms with Crippen LogP contribution in [0.1, 0.15) is 34.6 Å². The van der Waals surface area contributed by atoms with Gasteiger partial charge in [-0.1, -0.05) is 0 Å². The van der Waals surface area contributed by atoms with Crippen molar-refractivity contribution in [3.63, 3.8) is 0 Å². The summed E-state index contributed by atoms with van der Waals surface area (Å²) in [6, 6.07) is 0.639. The number of hydrogen-bond acceptors (Lipinski definition) is 4. The van der Waals surface area contributed by atoms with Crippen molar-refractivity contribution in [2.45, 2.75) is 52.3 Å². The van der Waals surface area contributed by atoms with Crippen LogP contribution in [0.2, 0.25) is 0 Å². The molecule has 108 valence electrons. The van der Waals surface area contributed by atoms with Crippen LogP contribution in [-0.2, 0) is 0 Å². The summed E-state index contributed by atoms with van der Waals surface area (Å²) in [6.07, 6.45) is -0.269. The van der Waals surface area contributed by atoms with Crippen LogP contribution >= 0.6 is 0 Å². The third-order valence-corrected chi connectivity index (χ3v) is 3.47. The maximum atomic E-state index is 10.0. The van der Waals surface area contributed by atoms with Crippen molar-refractivity contribution in [3.05, 3.63) is 0 Å². The van der Waals surface area contributed by atoms with E-state index < -0.39 is 0 Å². The fraction of sp³-hybridized carbons (Fsp3) is 1.00. The summed E-state index contributed by atoms with van der Waals surface area (Å²) in [5, 5.41) is 13.4. The highest BCUT2D eigenvalue weighted by molar-refractivity contribution is 4.78. The van der Waals surface area contributed by atoms with E-state index in [4.69, 9.17) is 0 Å². The van der Waals surface area contributed by atoms with Gasteiger partial charge in [-0.2, -0.15) is 0 Å². The lowest BCUT2D eigenvalue weighted by Crippen LogP contribution is -2.52. The third kappa shape index (κ3) is 6.14. The molecule has 0 saturated carbocycles. The van der Waals surface area contributed by atoms with E-state index in [1.54, 1.807) is 0 Å². The highest BCUT2D eigenvalue weighted by atomic mass is 16.3. The monoisotopic (exact) mass is 257 g/mol. The molecular formula is C14H31N3O. The van der Waals surface area contributed by atoms with Gasteiger partial charge in [0.15, 0.2) is 0 Å². The zero-order chi connectivity index (χ0) is 13.8. The Morgan fingerprint density at radius 1 is 1.11 bits per heavy atom. The van der Waals surface area contributed by atoms with E-state index in [1.807, 2.05) is 0 Å². The molecule has 0 bridgehead atoms. The Balaban J connectivity index is 2.20. The number of β-amino-alcohol motifs (C(OH)–C–C–N with tert-alkyl or cyclic N) is 1. The SMILES string of the molecule is CC(C)N1CCN(CC(O)CNC(C)(C)C)CC1. The zero-order valence-electron chi connectivity index (χ0n) is 12.7. The molecule has 1 heterocycles. The van der Waals surface area contributed by atoms with Gasteiger partial charge in [-0.15, -0.1) is 0 Å². The summed E-state index contributed by atoms with van der Waals surface area (Å²) in [5.74, 6) is 0. The molecule has 0 aliphatic carbocycles. The number of aliphatic hydroxyl groups excluding tert-OH is 1. The van der Waals surface area contributed by atoms with Gasteiger partial charge >= 0.3 is 0 Å². The van der Waals surface area contributed by atoms with Gasteiger partial charge in [0.2, 0.25) is 0 Å². The molecule has 1 aliphatic rings. The average Bonchev–Trinajstić information content (AvgIpc) is 2.26. The summed E-state index contributed by atoms with van der Waals surface area (Å²) in [4.78, 5) is 4.87. The van der Waals surface area contributed by atoms with Gasteiger partial charge in [0.05, 0.1) is 6.10 Å². The fourth-order valence-corrected chi connectivity index (χ4v) is 2.25. The maximum Gasteiger partial charge on any atom is 0.0791 e. The molecule has 1 aliphatic heterocycles. The number of piperazine rings is 1. The van der Waals surface area contributed by atoms with Crippen molar-refractivity contribution < 1.29 is 5.11 Å². The first-order valence-electron chi connectivity index (χ1n) is 7.17. The van der Waals surface area contributed by atoms with Crippen molar-refractivity contribution in [1.82, 2.24) is 15.1 Å². The van der Waals surface area contributed by atoms with Crippen LogP contribution < -0.4 is 5.32 Å². The Kier molecular flexibility index (Phi) is 6.05. The smallest absolute Gasteiger partial charge is 0.0791 e. The van der Waals surface area contributed by atoms with Crippen molar-refractivity contribution >= 4 is 0 Å². The lowest BCUT2D eigenvalue weighted by molar-refractivity contribution is 0.0598. The van der Waals surface area contributed by atoms with Crippen LogP contribution in [0.5, 0.6) is 0 Å². The molecular weight excluding hydrogens is 226 g/mol. The van der Waals surface area contributed by atoms with Crippen LogP contribution in [-0.4, -0.2) is 71.9 Å². The van der Waals surface area contributed by atoms with E-state index in [9.17, 15) is 5.11 Å². The molecule has 1 unspecified atom stereocenters. The second-order valence-electron chi connectivity index (χ2n) is 6.72.